The van der Waals surface area contributed by atoms with Gasteiger partial charge in [-0.15, -0.1) is 0 Å². The Balaban J connectivity index is 0.810. The van der Waals surface area contributed by atoms with E-state index in [9.17, 15) is 9.59 Å². The fourth-order valence-corrected chi connectivity index (χ4v) is 94.4. The van der Waals surface area contributed by atoms with Gasteiger partial charge in [-0.05, 0) is 0 Å². The molecule has 3 nitrogen and oxygen atoms in total. The van der Waals surface area contributed by atoms with Gasteiger partial charge in [0.2, 0.25) is 0 Å². The molecule has 1 N–H and O–H groups in total. The number of thioether (sulfide) groups is 1. The van der Waals surface area contributed by atoms with Gasteiger partial charge < -0.3 is 0 Å². The third kappa shape index (κ3) is 0.266. The number of unbranched alkanes of at least 4 members (excludes halogenated alkanes) is 5. The zero-order valence-corrected chi connectivity index (χ0v) is 17.8. The molecule has 0 bridgehead atoms. The molecule has 1 amide bonds. The molecule has 0 aromatic heterocycles. The predicted molar refractivity (Wildman–Crippen MR) is 105 cm³/mol. The van der Waals surface area contributed by atoms with E-state index >= 15 is 0 Å². The van der Waals surface area contributed by atoms with Crippen molar-refractivity contribution < 1.29 is 16.1 Å². The Kier molecular flexibility index (Phi) is 0.903. The van der Waals surface area contributed by atoms with E-state index in [-0.39, 0.29) is 5.91 Å². The first-order valence-electron chi connectivity index (χ1n) is 11.3. The molecule has 10 aliphatic rings. The van der Waals surface area contributed by atoms with Crippen LogP contribution in [0.4, 0.5) is 0 Å². The van der Waals surface area contributed by atoms with Crippen LogP contribution in [0.1, 0.15) is 45.4 Å². The molecule has 27 heavy (non-hydrogen) atoms. The van der Waals surface area contributed by atoms with E-state index in [0.717, 1.165) is 22.6 Å². The van der Waals surface area contributed by atoms with E-state index < -0.39 is 6.51 Å². The van der Waals surface area contributed by atoms with Gasteiger partial charge in [0.25, 0.3) is 0 Å². The van der Waals surface area contributed by atoms with Crippen LogP contribution in [0.3, 0.4) is 0 Å². The quantitative estimate of drug-likeness (QED) is 0.264. The first kappa shape index (κ1) is 13.9. The zero-order chi connectivity index (χ0) is 17.9. The molecule has 148 valence electrons. The average Bonchev–Trinajstić information content (AvgIpc) is 3.60. The SMILES string of the molecule is CCCCCCCCNC(=O)C=CSC(=O)[C]12[CH]3[CH]4[CH]5[CH]1[Fe]45321678[CH]2[CH]1[CH]6[CH]7[CH]28. The molecule has 4 atom stereocenters. The molecule has 0 aromatic carbocycles. The van der Waals surface area contributed by atoms with Crippen LogP contribution in [0.15, 0.2) is 11.5 Å². The summed E-state index contributed by atoms with van der Waals surface area (Å²) in [5.41, 5.74) is 0. The Labute approximate surface area is 155 Å². The summed E-state index contributed by atoms with van der Waals surface area (Å²) in [6, 6.07) is 0. The van der Waals surface area contributed by atoms with Crippen LogP contribution in [0.5, 0.6) is 0 Å². The summed E-state index contributed by atoms with van der Waals surface area (Å²) in [6.07, 6.45) is 9.06. The van der Waals surface area contributed by atoms with Crippen LogP contribution in [-0.2, 0) is 16.1 Å². The number of hydrogen-bond donors (Lipinski definition) is 1. The van der Waals surface area contributed by atoms with Gasteiger partial charge in [0.05, 0.1) is 0 Å². The maximum absolute atomic E-state index is 13.4. The van der Waals surface area contributed by atoms with Crippen molar-refractivity contribution >= 4 is 22.8 Å². The minimum absolute atomic E-state index is 0.0194. The third-order valence-electron chi connectivity index (χ3n) is 17.2. The Morgan fingerprint density at radius 3 is 2.04 bits per heavy atom. The second-order valence-corrected chi connectivity index (χ2v) is 37.9. The maximum atomic E-state index is 13.4. The average molecular weight is 427 g/mol. The summed E-state index contributed by atoms with van der Waals surface area (Å²) in [4.78, 5) is 35.9. The summed E-state index contributed by atoms with van der Waals surface area (Å²) in [5.74, 6) is -0.0194. The molecule has 10 fully saturated rings. The number of amides is 1. The van der Waals surface area contributed by atoms with Crippen LogP contribution in [-0.4, -0.2) is 17.6 Å². The molecule has 0 aliphatic carbocycles. The summed E-state index contributed by atoms with van der Waals surface area (Å²) in [6.45, 7) is -0.285. The van der Waals surface area contributed by atoms with Crippen molar-refractivity contribution in [3.63, 3.8) is 0 Å². The first-order chi connectivity index (χ1) is 12.9. The summed E-state index contributed by atoms with van der Waals surface area (Å²) < 4.78 is 0.322. The van der Waals surface area contributed by atoms with E-state index in [1.807, 2.05) is 5.41 Å². The van der Waals surface area contributed by atoms with Gasteiger partial charge in [-0.1, -0.05) is 19.8 Å². The van der Waals surface area contributed by atoms with Crippen molar-refractivity contribution in [1.82, 2.24) is 5.32 Å². The molecule has 10 rings (SSSR count). The van der Waals surface area contributed by atoms with E-state index in [4.69, 9.17) is 0 Å². The van der Waals surface area contributed by atoms with Crippen LogP contribution >= 0.6 is 11.8 Å². The Morgan fingerprint density at radius 2 is 1.52 bits per heavy atom. The number of fused-ring (bicyclic) bond motifs is 10. The molecular weight excluding hydrogens is 398 g/mol. The molecule has 0 aromatic rings. The molecular formula is C22H29FeNO2S. The fraction of sp³-hybridized carbons (Fsp3) is 0.818. The van der Waals surface area contributed by atoms with Gasteiger partial charge in [0.15, 0.2) is 0 Å². The van der Waals surface area contributed by atoms with Gasteiger partial charge in [0.1, 0.15) is 0 Å². The third-order valence-corrected chi connectivity index (χ3v) is 60.5. The van der Waals surface area contributed by atoms with Crippen molar-refractivity contribution in [2.75, 3.05) is 6.54 Å². The van der Waals surface area contributed by atoms with Crippen LogP contribution in [0.2, 0.25) is 47.7 Å². The Bertz CT molecular complexity index is 1170. The van der Waals surface area contributed by atoms with Crippen LogP contribution in [0.25, 0.3) is 0 Å². The second-order valence-electron chi connectivity index (χ2n) is 13.4. The van der Waals surface area contributed by atoms with Gasteiger partial charge in [-0.25, -0.2) is 0 Å². The number of rotatable bonds is 10. The fourth-order valence-electron chi connectivity index (χ4n) is 18.2. The standard InChI is InChI=1S/C17H24NO2S.C5H5.Fe/c1-2-3-4-5-6-9-13-18-16(19)12-14-21-17(20)15-10-7-8-11-15;1-2-4-5-3-1;/h7-8,10-12,14H,2-6,9,13H2,1H3,(H,18,19);1-5H;. The topological polar surface area (TPSA) is 46.2 Å². The minimum atomic E-state index is -3.28. The first-order valence-corrected chi connectivity index (χ1v) is 18.5. The van der Waals surface area contributed by atoms with Crippen LogP contribution in [0, 0.1) is 0 Å². The number of carbonyl (C=O) groups excluding carboxylic acids is 2. The number of carbonyl (C=O) groups is 2. The van der Waals surface area contributed by atoms with Crippen molar-refractivity contribution in [2.45, 2.75) is 93.1 Å². The van der Waals surface area contributed by atoms with Gasteiger partial charge in [-0.3, -0.25) is 0 Å². The monoisotopic (exact) mass is 427 g/mol. The molecule has 4 unspecified atom stereocenters. The molecule has 10 heterocycles. The second kappa shape index (κ2) is 1.76. The molecule has 10 saturated heterocycles. The van der Waals surface area contributed by atoms with E-state index in [1.54, 1.807) is 6.08 Å². The van der Waals surface area contributed by atoms with E-state index in [2.05, 4.69) is 12.2 Å². The molecule has 0 radical (unpaired) electrons. The molecule has 10 aliphatic heterocycles. The van der Waals surface area contributed by atoms with Crippen molar-refractivity contribution in [1.29, 1.82) is 0 Å². The molecule has 1 spiro atoms. The number of hydrogen-bond acceptors (Lipinski definition) is 3. The zero-order valence-electron chi connectivity index (χ0n) is 15.9. The van der Waals surface area contributed by atoms with Gasteiger partial charge in [0, 0.05) is 0 Å². The predicted octanol–water partition coefficient (Wildman–Crippen LogP) is 6.00. The molecule has 0 saturated carbocycles. The van der Waals surface area contributed by atoms with Gasteiger partial charge >= 0.3 is 136 Å². The summed E-state index contributed by atoms with van der Waals surface area (Å²) in [5, 5.41) is 5.36. The van der Waals surface area contributed by atoms with Crippen molar-refractivity contribution in [3.05, 3.63) is 11.5 Å². The van der Waals surface area contributed by atoms with E-state index in [0.29, 0.717) is 9.43 Å². The van der Waals surface area contributed by atoms with Gasteiger partial charge in [-0.2, -0.15) is 0 Å². The Morgan fingerprint density at radius 1 is 0.926 bits per heavy atom. The van der Waals surface area contributed by atoms with Crippen molar-refractivity contribution in [3.8, 4) is 0 Å². The summed E-state index contributed by atoms with van der Waals surface area (Å²) >= 11 is 1.41. The number of nitrogens with one attached hydrogen (secondary N) is 1. The normalized spacial score (nSPS) is 79.4. The van der Waals surface area contributed by atoms with Crippen molar-refractivity contribution in [2.24, 2.45) is 0 Å². The van der Waals surface area contributed by atoms with Crippen LogP contribution < -0.4 is 5.32 Å². The summed E-state index contributed by atoms with van der Waals surface area (Å²) in [7, 11) is 0. The van der Waals surface area contributed by atoms with E-state index in [1.165, 1.54) is 77.6 Å². The Hall–Kier alpha value is -0.251. The molecule has 5 heteroatoms.